The number of hydrogen-bond donors (Lipinski definition) is 2. The second kappa shape index (κ2) is 12.0. The highest BCUT2D eigenvalue weighted by molar-refractivity contribution is 7.16. The van der Waals surface area contributed by atoms with Crippen LogP contribution in [0.2, 0.25) is 0 Å². The Morgan fingerprint density at radius 3 is 2.33 bits per heavy atom. The number of rotatable bonds is 9. The van der Waals surface area contributed by atoms with Gasteiger partial charge >= 0.3 is 6.09 Å². The van der Waals surface area contributed by atoms with E-state index in [4.69, 9.17) is 9.47 Å². The number of ether oxygens (including phenoxy) is 2. The van der Waals surface area contributed by atoms with Crippen molar-refractivity contribution >= 4 is 39.8 Å². The highest BCUT2D eigenvalue weighted by atomic mass is 32.1. The van der Waals surface area contributed by atoms with Crippen LogP contribution in [0.25, 0.3) is 0 Å². The minimum atomic E-state index is -0.696. The molecule has 0 aliphatic rings. The number of nitrogens with one attached hydrogen (secondary N) is 2. The topological polar surface area (TPSA) is 93.7 Å². The second-order valence-corrected chi connectivity index (χ2v) is 10.7. The van der Waals surface area contributed by atoms with E-state index in [0.717, 1.165) is 22.4 Å². The van der Waals surface area contributed by atoms with Crippen LogP contribution in [-0.2, 0) is 27.3 Å². The van der Waals surface area contributed by atoms with Crippen LogP contribution in [0.1, 0.15) is 52.7 Å². The van der Waals surface area contributed by atoms with Gasteiger partial charge in [-0.1, -0.05) is 48.0 Å². The van der Waals surface area contributed by atoms with E-state index in [1.165, 1.54) is 11.3 Å². The summed E-state index contributed by atoms with van der Waals surface area (Å²) in [5.41, 5.74) is 3.35. The molecule has 0 saturated heterocycles. The first kappa shape index (κ1) is 27.1. The molecule has 0 bridgehead atoms. The number of amides is 2. The predicted molar refractivity (Wildman–Crippen MR) is 143 cm³/mol. The maximum absolute atomic E-state index is 13.0. The first-order valence-electron chi connectivity index (χ1n) is 11.6. The molecule has 7 nitrogen and oxygen atoms in total. The van der Waals surface area contributed by atoms with Gasteiger partial charge in [-0.05, 0) is 57.9 Å². The number of hydrogen-bond acceptors (Lipinski definition) is 6. The zero-order valence-corrected chi connectivity index (χ0v) is 22.1. The van der Waals surface area contributed by atoms with E-state index in [1.54, 1.807) is 26.8 Å². The summed E-state index contributed by atoms with van der Waals surface area (Å²) in [4.78, 5) is 38.7. The third-order valence-electron chi connectivity index (χ3n) is 5.03. The molecule has 0 unspecified atom stereocenters. The Morgan fingerprint density at radius 1 is 0.944 bits per heavy atom. The molecular formula is C28H32N2O5S. The number of ketones is 1. The molecule has 0 saturated carbocycles. The molecule has 0 spiro atoms. The van der Waals surface area contributed by atoms with Crippen LogP contribution in [0, 0.1) is 13.8 Å². The molecule has 2 N–H and O–H groups in total. The number of Topliss-reactive ketones (excluding diaryl/α,β-unsaturated/α-hetero) is 1. The molecule has 1 aromatic heterocycles. The predicted octanol–water partition coefficient (Wildman–Crippen LogP) is 6.29. The van der Waals surface area contributed by atoms with Gasteiger partial charge in [0.2, 0.25) is 5.91 Å². The standard InChI is InChI=1S/C28H32N2O5S/c1-18-11-12-23(19(2)13-18)29-25(32)15-21-14-22(26(36-21)30-27(33)35-28(3,4)5)24(31)17-34-16-20-9-7-6-8-10-20/h6-14H,15-17H2,1-5H3,(H,29,32)(H,30,33). The van der Waals surface area contributed by atoms with Crippen LogP contribution in [0.15, 0.2) is 54.6 Å². The average Bonchev–Trinajstić information content (AvgIpc) is 3.16. The Balaban J connectivity index is 1.72. The van der Waals surface area contributed by atoms with Gasteiger partial charge in [-0.3, -0.25) is 14.9 Å². The van der Waals surface area contributed by atoms with Crippen molar-refractivity contribution in [3.63, 3.8) is 0 Å². The van der Waals surface area contributed by atoms with Gasteiger partial charge < -0.3 is 14.8 Å². The van der Waals surface area contributed by atoms with Gasteiger partial charge in [0.25, 0.3) is 0 Å². The SMILES string of the molecule is Cc1ccc(NC(=O)Cc2cc(C(=O)COCc3ccccc3)c(NC(=O)OC(C)(C)C)s2)c(C)c1. The normalized spacial score (nSPS) is 11.1. The molecule has 0 aliphatic carbocycles. The van der Waals surface area contributed by atoms with Crippen molar-refractivity contribution in [1.29, 1.82) is 0 Å². The van der Waals surface area contributed by atoms with Gasteiger partial charge in [0.05, 0.1) is 18.6 Å². The van der Waals surface area contributed by atoms with Crippen molar-refractivity contribution in [1.82, 2.24) is 0 Å². The summed E-state index contributed by atoms with van der Waals surface area (Å²) >= 11 is 1.17. The lowest BCUT2D eigenvalue weighted by Crippen LogP contribution is -2.27. The van der Waals surface area contributed by atoms with E-state index >= 15 is 0 Å². The molecule has 0 aliphatic heterocycles. The first-order valence-corrected chi connectivity index (χ1v) is 12.5. The van der Waals surface area contributed by atoms with Gasteiger partial charge in [-0.25, -0.2) is 4.79 Å². The van der Waals surface area contributed by atoms with Crippen LogP contribution in [-0.4, -0.2) is 30.0 Å². The third-order valence-corrected chi connectivity index (χ3v) is 6.08. The minimum Gasteiger partial charge on any atom is -0.444 e. The maximum atomic E-state index is 13.0. The van der Waals surface area contributed by atoms with Crippen LogP contribution in [0.5, 0.6) is 0 Å². The summed E-state index contributed by atoms with van der Waals surface area (Å²) in [6.45, 7) is 9.32. The van der Waals surface area contributed by atoms with Crippen LogP contribution in [0.4, 0.5) is 15.5 Å². The zero-order valence-electron chi connectivity index (χ0n) is 21.3. The molecule has 3 aromatic rings. The Hall–Kier alpha value is -3.49. The van der Waals surface area contributed by atoms with Crippen molar-refractivity contribution in [2.24, 2.45) is 0 Å². The number of thiophene rings is 1. The van der Waals surface area contributed by atoms with Crippen LogP contribution < -0.4 is 10.6 Å². The molecule has 3 rings (SSSR count). The molecule has 2 aromatic carbocycles. The van der Waals surface area contributed by atoms with E-state index in [0.29, 0.717) is 9.88 Å². The average molecular weight is 509 g/mol. The van der Waals surface area contributed by atoms with E-state index in [1.807, 2.05) is 62.4 Å². The molecule has 0 fully saturated rings. The number of aryl methyl sites for hydroxylation is 2. The summed E-state index contributed by atoms with van der Waals surface area (Å²) < 4.78 is 10.9. The van der Waals surface area contributed by atoms with E-state index in [9.17, 15) is 14.4 Å². The smallest absolute Gasteiger partial charge is 0.412 e. The summed E-state index contributed by atoms with van der Waals surface area (Å²) in [5, 5.41) is 5.90. The Labute approximate surface area is 215 Å². The summed E-state index contributed by atoms with van der Waals surface area (Å²) in [6.07, 6.45) is -0.617. The fourth-order valence-electron chi connectivity index (χ4n) is 3.45. The summed E-state index contributed by atoms with van der Waals surface area (Å²) in [7, 11) is 0. The third kappa shape index (κ3) is 8.32. The number of carbonyl (C=O) groups is 3. The van der Waals surface area contributed by atoms with Gasteiger partial charge in [0.1, 0.15) is 17.2 Å². The number of anilines is 2. The quantitative estimate of drug-likeness (QED) is 0.331. The van der Waals surface area contributed by atoms with Gasteiger partial charge in [0.15, 0.2) is 5.78 Å². The lowest BCUT2D eigenvalue weighted by atomic mass is 10.1. The fourth-order valence-corrected chi connectivity index (χ4v) is 4.50. The van der Waals surface area contributed by atoms with Crippen molar-refractivity contribution in [3.05, 3.63) is 81.7 Å². The molecule has 36 heavy (non-hydrogen) atoms. The van der Waals surface area contributed by atoms with Gasteiger partial charge in [-0.15, -0.1) is 11.3 Å². The second-order valence-electron chi connectivity index (χ2n) is 9.53. The number of benzene rings is 2. The number of carbonyl (C=O) groups excluding carboxylic acids is 3. The van der Waals surface area contributed by atoms with Crippen molar-refractivity contribution in [2.45, 2.75) is 53.2 Å². The first-order chi connectivity index (χ1) is 17.0. The lowest BCUT2D eigenvalue weighted by molar-refractivity contribution is -0.115. The maximum Gasteiger partial charge on any atom is 0.412 e. The van der Waals surface area contributed by atoms with E-state index < -0.39 is 11.7 Å². The summed E-state index contributed by atoms with van der Waals surface area (Å²) in [6, 6.07) is 17.0. The Bertz CT molecular complexity index is 1230. The molecule has 2 amide bonds. The zero-order chi connectivity index (χ0) is 26.3. The highest BCUT2D eigenvalue weighted by Gasteiger charge is 2.22. The van der Waals surface area contributed by atoms with Crippen molar-refractivity contribution in [2.75, 3.05) is 17.2 Å². The van der Waals surface area contributed by atoms with E-state index in [-0.39, 0.29) is 36.9 Å². The Morgan fingerprint density at radius 2 is 1.67 bits per heavy atom. The molecule has 1 heterocycles. The van der Waals surface area contributed by atoms with Gasteiger partial charge in [0, 0.05) is 10.6 Å². The Kier molecular flexibility index (Phi) is 9.01. The molecule has 8 heteroatoms. The monoisotopic (exact) mass is 508 g/mol. The van der Waals surface area contributed by atoms with Crippen LogP contribution in [0.3, 0.4) is 0 Å². The summed E-state index contributed by atoms with van der Waals surface area (Å²) in [5.74, 6) is -0.513. The van der Waals surface area contributed by atoms with Crippen molar-refractivity contribution in [3.8, 4) is 0 Å². The molecule has 190 valence electrons. The highest BCUT2D eigenvalue weighted by Crippen LogP contribution is 2.30. The molecular weight excluding hydrogens is 476 g/mol. The van der Waals surface area contributed by atoms with Crippen molar-refractivity contribution < 1.29 is 23.9 Å². The molecule has 0 radical (unpaired) electrons. The fraction of sp³-hybridized carbons (Fsp3) is 0.321. The van der Waals surface area contributed by atoms with Gasteiger partial charge in [-0.2, -0.15) is 0 Å². The minimum absolute atomic E-state index is 0.0547. The van der Waals surface area contributed by atoms with E-state index in [2.05, 4.69) is 10.6 Å². The lowest BCUT2D eigenvalue weighted by Gasteiger charge is -2.19. The largest absolute Gasteiger partial charge is 0.444 e. The van der Waals surface area contributed by atoms with Crippen LogP contribution >= 0.6 is 11.3 Å². The molecule has 0 atom stereocenters.